The molecule has 0 saturated heterocycles. The zero-order chi connectivity index (χ0) is 14.4. The largest absolute Gasteiger partial charge is 0.478 e. The lowest BCUT2D eigenvalue weighted by molar-refractivity contribution is -0.117. The molecule has 0 unspecified atom stereocenters. The van der Waals surface area contributed by atoms with Crippen LogP contribution < -0.4 is 11.1 Å². The highest BCUT2D eigenvalue weighted by Crippen LogP contribution is 2.18. The standard InChI is InChI=1S/C13H18N2O3S/c1-8-3-4-11(9(7-8)13(17)18)15-12(16)10(14)5-6-19-2/h3-4,7,10H,5-6,14H2,1-2H3,(H,15,16)(H,17,18)/t10-/m0/s1. The smallest absolute Gasteiger partial charge is 0.337 e. The SMILES string of the molecule is CSCC[C@H](N)C(=O)Nc1ccc(C)cc1C(=O)O. The summed E-state index contributed by atoms with van der Waals surface area (Å²) < 4.78 is 0. The molecule has 0 radical (unpaired) electrons. The molecule has 1 amide bonds. The van der Waals surface area contributed by atoms with Gasteiger partial charge in [0, 0.05) is 0 Å². The number of aromatic carboxylic acids is 1. The van der Waals surface area contributed by atoms with Crippen molar-refractivity contribution in [1.29, 1.82) is 0 Å². The van der Waals surface area contributed by atoms with Crippen molar-refractivity contribution in [1.82, 2.24) is 0 Å². The van der Waals surface area contributed by atoms with E-state index in [1.54, 1.807) is 30.8 Å². The van der Waals surface area contributed by atoms with E-state index in [1.807, 2.05) is 6.26 Å². The highest BCUT2D eigenvalue weighted by molar-refractivity contribution is 7.98. The van der Waals surface area contributed by atoms with E-state index >= 15 is 0 Å². The predicted octanol–water partition coefficient (Wildman–Crippen LogP) is 1.71. The first-order valence-corrected chi connectivity index (χ1v) is 7.24. The Morgan fingerprint density at radius 1 is 1.47 bits per heavy atom. The van der Waals surface area contributed by atoms with Crippen molar-refractivity contribution in [2.75, 3.05) is 17.3 Å². The summed E-state index contributed by atoms with van der Waals surface area (Å²) >= 11 is 1.61. The van der Waals surface area contributed by atoms with E-state index in [0.717, 1.165) is 11.3 Å². The van der Waals surface area contributed by atoms with Crippen molar-refractivity contribution in [2.45, 2.75) is 19.4 Å². The van der Waals surface area contributed by atoms with Crippen molar-refractivity contribution in [3.05, 3.63) is 29.3 Å². The van der Waals surface area contributed by atoms with Gasteiger partial charge in [0.25, 0.3) is 0 Å². The van der Waals surface area contributed by atoms with Gasteiger partial charge in [0.05, 0.1) is 17.3 Å². The Kier molecular flexibility index (Phi) is 5.85. The second-order valence-corrected chi connectivity index (χ2v) is 5.22. The topological polar surface area (TPSA) is 92.4 Å². The van der Waals surface area contributed by atoms with E-state index in [9.17, 15) is 9.59 Å². The number of nitrogens with one attached hydrogen (secondary N) is 1. The van der Waals surface area contributed by atoms with Gasteiger partial charge in [0.2, 0.25) is 5.91 Å². The number of rotatable bonds is 6. The van der Waals surface area contributed by atoms with Gasteiger partial charge in [-0.2, -0.15) is 11.8 Å². The Bertz CT molecular complexity index is 477. The fourth-order valence-corrected chi connectivity index (χ4v) is 2.04. The van der Waals surface area contributed by atoms with Crippen molar-refractivity contribution in [2.24, 2.45) is 5.73 Å². The normalized spacial score (nSPS) is 11.9. The monoisotopic (exact) mass is 282 g/mol. The second-order valence-electron chi connectivity index (χ2n) is 4.23. The lowest BCUT2D eigenvalue weighted by atomic mass is 10.1. The molecule has 4 N–H and O–H groups in total. The number of carbonyl (C=O) groups excluding carboxylic acids is 1. The molecule has 1 rings (SSSR count). The van der Waals surface area contributed by atoms with Crippen LogP contribution >= 0.6 is 11.8 Å². The molecule has 6 heteroatoms. The minimum atomic E-state index is -1.07. The summed E-state index contributed by atoms with van der Waals surface area (Å²) in [5.74, 6) is -0.647. The Morgan fingerprint density at radius 2 is 2.16 bits per heavy atom. The minimum Gasteiger partial charge on any atom is -0.478 e. The molecule has 5 nitrogen and oxygen atoms in total. The van der Waals surface area contributed by atoms with E-state index < -0.39 is 12.0 Å². The maximum absolute atomic E-state index is 11.8. The first-order chi connectivity index (χ1) is 8.95. The molecule has 1 aromatic rings. The lowest BCUT2D eigenvalue weighted by Gasteiger charge is -2.13. The number of hydrogen-bond donors (Lipinski definition) is 3. The number of hydrogen-bond acceptors (Lipinski definition) is 4. The van der Waals surface area contributed by atoms with Gasteiger partial charge in [-0.1, -0.05) is 11.6 Å². The molecule has 0 aliphatic rings. The van der Waals surface area contributed by atoms with Crippen LogP contribution in [0.1, 0.15) is 22.3 Å². The minimum absolute atomic E-state index is 0.0745. The van der Waals surface area contributed by atoms with Crippen LogP contribution in [0, 0.1) is 6.92 Å². The van der Waals surface area contributed by atoms with E-state index in [2.05, 4.69) is 5.32 Å². The zero-order valence-electron chi connectivity index (χ0n) is 11.0. The number of carboxylic acids is 1. The summed E-state index contributed by atoms with van der Waals surface area (Å²) in [5.41, 5.74) is 6.91. The number of carbonyl (C=O) groups is 2. The molecule has 0 aromatic heterocycles. The fourth-order valence-electron chi connectivity index (χ4n) is 1.55. The van der Waals surface area contributed by atoms with Crippen molar-refractivity contribution < 1.29 is 14.7 Å². The molecule has 0 aliphatic carbocycles. The third kappa shape index (κ3) is 4.57. The summed E-state index contributed by atoms with van der Waals surface area (Å²) in [5, 5.41) is 11.7. The molecule has 0 fully saturated rings. The molecular formula is C13H18N2O3S. The van der Waals surface area contributed by atoms with Gasteiger partial charge >= 0.3 is 5.97 Å². The molecule has 0 heterocycles. The van der Waals surface area contributed by atoms with Gasteiger partial charge in [0.1, 0.15) is 0 Å². The molecular weight excluding hydrogens is 264 g/mol. The number of benzene rings is 1. The number of carboxylic acid groups (broad SMARTS) is 1. The van der Waals surface area contributed by atoms with E-state index in [4.69, 9.17) is 10.8 Å². The summed E-state index contributed by atoms with van der Waals surface area (Å²) in [4.78, 5) is 23.0. The maximum atomic E-state index is 11.8. The van der Waals surface area contributed by atoms with Crippen LogP contribution in [0.4, 0.5) is 5.69 Å². The first-order valence-electron chi connectivity index (χ1n) is 5.85. The van der Waals surface area contributed by atoms with E-state index in [-0.39, 0.29) is 17.2 Å². The van der Waals surface area contributed by atoms with Gasteiger partial charge < -0.3 is 16.2 Å². The molecule has 1 atom stereocenters. The van der Waals surface area contributed by atoms with Gasteiger partial charge in [-0.25, -0.2) is 4.79 Å². The highest BCUT2D eigenvalue weighted by Gasteiger charge is 2.17. The van der Waals surface area contributed by atoms with Gasteiger partial charge in [-0.3, -0.25) is 4.79 Å². The van der Waals surface area contributed by atoms with Crippen LogP contribution in [-0.4, -0.2) is 35.0 Å². The fraction of sp³-hybridized carbons (Fsp3) is 0.385. The highest BCUT2D eigenvalue weighted by atomic mass is 32.2. The number of aryl methyl sites for hydroxylation is 1. The average Bonchev–Trinajstić information content (AvgIpc) is 2.37. The molecule has 1 aromatic carbocycles. The average molecular weight is 282 g/mol. The molecule has 0 aliphatic heterocycles. The third-order valence-electron chi connectivity index (χ3n) is 2.63. The summed E-state index contributed by atoms with van der Waals surface area (Å²) in [6.07, 6.45) is 2.49. The van der Waals surface area contributed by atoms with Crippen molar-refractivity contribution in [3.63, 3.8) is 0 Å². The van der Waals surface area contributed by atoms with Crippen LogP contribution in [0.3, 0.4) is 0 Å². The summed E-state index contributed by atoms with van der Waals surface area (Å²) in [7, 11) is 0. The van der Waals surface area contributed by atoms with E-state index in [0.29, 0.717) is 6.42 Å². The van der Waals surface area contributed by atoms with Crippen LogP contribution in [0.5, 0.6) is 0 Å². The van der Waals surface area contributed by atoms with Crippen molar-refractivity contribution >= 4 is 29.3 Å². The van der Waals surface area contributed by atoms with Gasteiger partial charge in [0.15, 0.2) is 0 Å². The Morgan fingerprint density at radius 3 is 2.74 bits per heavy atom. The molecule has 0 saturated carbocycles. The number of amides is 1. The Labute approximate surface area is 116 Å². The van der Waals surface area contributed by atoms with Crippen LogP contribution in [0.2, 0.25) is 0 Å². The number of nitrogens with two attached hydrogens (primary N) is 1. The molecule has 0 bridgehead atoms. The van der Waals surface area contributed by atoms with Crippen molar-refractivity contribution in [3.8, 4) is 0 Å². The maximum Gasteiger partial charge on any atom is 0.337 e. The number of anilines is 1. The van der Waals surface area contributed by atoms with Crippen LogP contribution in [0.25, 0.3) is 0 Å². The van der Waals surface area contributed by atoms with Crippen LogP contribution in [0.15, 0.2) is 18.2 Å². The molecule has 0 spiro atoms. The van der Waals surface area contributed by atoms with Gasteiger partial charge in [-0.05, 0) is 37.5 Å². The third-order valence-corrected chi connectivity index (χ3v) is 3.28. The molecule has 19 heavy (non-hydrogen) atoms. The van der Waals surface area contributed by atoms with Crippen LogP contribution in [-0.2, 0) is 4.79 Å². The second kappa shape index (κ2) is 7.16. The van der Waals surface area contributed by atoms with Gasteiger partial charge in [-0.15, -0.1) is 0 Å². The predicted molar refractivity (Wildman–Crippen MR) is 77.7 cm³/mol. The summed E-state index contributed by atoms with van der Waals surface area (Å²) in [6.45, 7) is 1.79. The molecule has 104 valence electrons. The summed E-state index contributed by atoms with van der Waals surface area (Å²) in [6, 6.07) is 4.22. The quantitative estimate of drug-likeness (QED) is 0.738. The Hall–Kier alpha value is -1.53. The number of thioether (sulfide) groups is 1. The first kappa shape index (κ1) is 15.5. The Balaban J connectivity index is 2.81. The lowest BCUT2D eigenvalue weighted by Crippen LogP contribution is -2.36. The van der Waals surface area contributed by atoms with E-state index in [1.165, 1.54) is 6.07 Å². The zero-order valence-corrected chi connectivity index (χ0v) is 11.8.